The van der Waals surface area contributed by atoms with Gasteiger partial charge in [0, 0.05) is 54.5 Å². The number of aromatic nitrogens is 1. The Bertz CT molecular complexity index is 1860. The van der Waals surface area contributed by atoms with Crippen molar-refractivity contribution in [3.05, 3.63) is 91.7 Å². The van der Waals surface area contributed by atoms with Crippen molar-refractivity contribution in [3.63, 3.8) is 0 Å². The van der Waals surface area contributed by atoms with E-state index in [4.69, 9.17) is 4.42 Å². The standard InChI is InChI=1S/C30H25BF2N2O3/c1-17-11-19(3)34-28(17)26(29-18(2)12-20(4)35(29)31(34,32)33)10-9-22-13-24-14-23-15-25(36)8-6-5-7-21(23)16-27(24)38-30(22)37/h9-14,16H,6,8,15H2,1-4H3/b10-9+. The number of hydrogen-bond donors (Lipinski definition) is 0. The van der Waals surface area contributed by atoms with Gasteiger partial charge < -0.3 is 22.0 Å². The molecule has 3 aliphatic rings. The van der Waals surface area contributed by atoms with Crippen LogP contribution in [0.4, 0.5) is 8.63 Å². The van der Waals surface area contributed by atoms with Crippen molar-refractivity contribution < 1.29 is 22.3 Å². The van der Waals surface area contributed by atoms with Crippen molar-refractivity contribution in [2.75, 3.05) is 0 Å². The highest BCUT2D eigenvalue weighted by atomic mass is 19.2. The molecular weight excluding hydrogens is 485 g/mol. The van der Waals surface area contributed by atoms with Crippen LogP contribution in [0.3, 0.4) is 0 Å². The second-order valence-corrected chi connectivity index (χ2v) is 10.3. The van der Waals surface area contributed by atoms with Gasteiger partial charge in [0.1, 0.15) is 17.1 Å². The number of halogens is 2. The number of aryl methyl sites for hydroxylation is 2. The second kappa shape index (κ2) is 8.39. The number of carbonyl (C=O) groups excluding carboxylic acids is 1. The molecule has 0 N–H and O–H groups in total. The van der Waals surface area contributed by atoms with Crippen LogP contribution in [0.5, 0.6) is 0 Å². The molecule has 0 saturated carbocycles. The van der Waals surface area contributed by atoms with Crippen LogP contribution >= 0.6 is 0 Å². The Hall–Kier alpha value is -4.25. The summed E-state index contributed by atoms with van der Waals surface area (Å²) in [4.78, 5) is 25.2. The van der Waals surface area contributed by atoms with E-state index in [1.54, 1.807) is 50.3 Å². The monoisotopic (exact) mass is 510 g/mol. The minimum absolute atomic E-state index is 0.117. The average Bonchev–Trinajstić information content (AvgIpc) is 3.31. The van der Waals surface area contributed by atoms with Gasteiger partial charge in [-0.25, -0.2) is 4.79 Å². The quantitative estimate of drug-likeness (QED) is 0.258. The predicted octanol–water partition coefficient (Wildman–Crippen LogP) is 5.56. The third-order valence-corrected chi connectivity index (χ3v) is 7.53. The maximum atomic E-state index is 15.8. The summed E-state index contributed by atoms with van der Waals surface area (Å²) in [7, 11) is 0. The molecule has 0 unspecified atom stereocenters. The first-order valence-electron chi connectivity index (χ1n) is 12.6. The highest BCUT2D eigenvalue weighted by Gasteiger charge is 2.54. The molecule has 0 radical (unpaired) electrons. The summed E-state index contributed by atoms with van der Waals surface area (Å²) in [6.07, 6.45) is 6.32. The first-order chi connectivity index (χ1) is 18.1. The van der Waals surface area contributed by atoms with Gasteiger partial charge in [-0.05, 0) is 74.0 Å². The molecule has 6 rings (SSSR count). The average molecular weight is 510 g/mol. The van der Waals surface area contributed by atoms with Crippen molar-refractivity contribution in [3.8, 4) is 11.8 Å². The Kier molecular flexibility index (Phi) is 5.32. The van der Waals surface area contributed by atoms with Gasteiger partial charge in [0.15, 0.2) is 5.70 Å². The molecule has 2 aliphatic heterocycles. The van der Waals surface area contributed by atoms with Gasteiger partial charge in [-0.3, -0.25) is 4.79 Å². The third-order valence-electron chi connectivity index (χ3n) is 7.53. The topological polar surface area (TPSA) is 55.2 Å². The number of hydrogen-bond acceptors (Lipinski definition) is 3. The lowest BCUT2D eigenvalue weighted by Gasteiger charge is -2.33. The van der Waals surface area contributed by atoms with Crippen molar-refractivity contribution in [1.82, 2.24) is 4.48 Å². The third kappa shape index (κ3) is 3.57. The maximum Gasteiger partial charge on any atom is 0.737 e. The van der Waals surface area contributed by atoms with E-state index in [-0.39, 0.29) is 17.8 Å². The highest BCUT2D eigenvalue weighted by Crippen LogP contribution is 2.42. The Morgan fingerprint density at radius 3 is 2.66 bits per heavy atom. The van der Waals surface area contributed by atoms with E-state index < -0.39 is 12.6 Å². The van der Waals surface area contributed by atoms with E-state index in [9.17, 15) is 9.59 Å². The molecule has 8 heteroatoms. The number of allylic oxidation sites excluding steroid dienone is 4. The first kappa shape index (κ1) is 24.1. The summed E-state index contributed by atoms with van der Waals surface area (Å²) < 4.78 is 39.4. The van der Waals surface area contributed by atoms with Crippen LogP contribution in [-0.4, -0.2) is 27.4 Å². The van der Waals surface area contributed by atoms with Gasteiger partial charge in [-0.15, -0.1) is 0 Å². The number of Topliss-reactive ketones (excluding diaryl/α,β-unsaturated/α-hetero) is 1. The Balaban J connectivity index is 1.52. The Labute approximate surface area is 218 Å². The molecule has 3 aromatic rings. The molecule has 0 spiro atoms. The smallest absolute Gasteiger partial charge is 0.422 e. The van der Waals surface area contributed by atoms with Crippen LogP contribution in [0.15, 0.2) is 56.9 Å². The van der Waals surface area contributed by atoms with E-state index in [1.807, 2.05) is 19.9 Å². The molecule has 5 nitrogen and oxygen atoms in total. The largest absolute Gasteiger partial charge is 0.737 e. The summed E-state index contributed by atoms with van der Waals surface area (Å²) in [5, 5.41) is 0.674. The first-order valence-corrected chi connectivity index (χ1v) is 12.6. The van der Waals surface area contributed by atoms with Crippen LogP contribution in [0.25, 0.3) is 22.6 Å². The van der Waals surface area contributed by atoms with Gasteiger partial charge in [0.05, 0.1) is 11.1 Å². The van der Waals surface area contributed by atoms with Gasteiger partial charge in [-0.1, -0.05) is 11.8 Å². The van der Waals surface area contributed by atoms with E-state index in [2.05, 4.69) is 11.8 Å². The van der Waals surface area contributed by atoms with E-state index >= 15 is 8.63 Å². The molecule has 1 aromatic carbocycles. The minimum atomic E-state index is -4.07. The lowest BCUT2D eigenvalue weighted by atomic mass is 9.86. The molecule has 0 saturated heterocycles. The zero-order chi connectivity index (χ0) is 26.9. The van der Waals surface area contributed by atoms with Crippen molar-refractivity contribution in [2.45, 2.75) is 47.0 Å². The van der Waals surface area contributed by atoms with Crippen molar-refractivity contribution >= 4 is 41.1 Å². The number of benzene rings is 1. The molecule has 0 bridgehead atoms. The fraction of sp³-hybridized carbons (Fsp3) is 0.233. The van der Waals surface area contributed by atoms with Crippen LogP contribution in [0.2, 0.25) is 0 Å². The summed E-state index contributed by atoms with van der Waals surface area (Å²) in [6, 6.07) is 7.03. The highest BCUT2D eigenvalue weighted by molar-refractivity contribution is 6.58. The second-order valence-electron chi connectivity index (χ2n) is 10.3. The van der Waals surface area contributed by atoms with Gasteiger partial charge >= 0.3 is 12.6 Å². The van der Waals surface area contributed by atoms with Crippen LogP contribution < -0.4 is 5.63 Å². The number of fused-ring (bicyclic) bond motifs is 4. The minimum Gasteiger partial charge on any atom is -0.422 e. The number of rotatable bonds is 2. The summed E-state index contributed by atoms with van der Waals surface area (Å²) in [5.74, 6) is 6.19. The molecule has 2 aromatic heterocycles. The predicted molar refractivity (Wildman–Crippen MR) is 145 cm³/mol. The molecule has 4 heterocycles. The van der Waals surface area contributed by atoms with Crippen LogP contribution in [0, 0.1) is 25.7 Å². The molecule has 0 fully saturated rings. The van der Waals surface area contributed by atoms with Crippen molar-refractivity contribution in [2.24, 2.45) is 0 Å². The van der Waals surface area contributed by atoms with Crippen LogP contribution in [0.1, 0.15) is 60.3 Å². The maximum absolute atomic E-state index is 15.8. The molecule has 38 heavy (non-hydrogen) atoms. The SMILES string of the molecule is CC1=CC(C)=[N+]2C1=C(/C=C/c1cc3cc4c(cc3oc1=O)C#CCCC(=O)C4)c1c(C)cc(C)n1[B-]2(F)F. The van der Waals surface area contributed by atoms with Crippen molar-refractivity contribution in [1.29, 1.82) is 0 Å². The zero-order valence-electron chi connectivity index (χ0n) is 21.6. The molecule has 0 atom stereocenters. The normalized spacial score (nSPS) is 18.2. The fourth-order valence-electron chi connectivity index (χ4n) is 5.95. The van der Waals surface area contributed by atoms with E-state index in [1.165, 1.54) is 0 Å². The summed E-state index contributed by atoms with van der Waals surface area (Å²) in [5.41, 5.74) is 5.57. The van der Waals surface area contributed by atoms with Gasteiger partial charge in [0.2, 0.25) is 0 Å². The Morgan fingerprint density at radius 1 is 1.08 bits per heavy atom. The fourth-order valence-corrected chi connectivity index (χ4v) is 5.95. The number of nitrogens with zero attached hydrogens (tertiary/aromatic N) is 2. The molecule has 0 amide bonds. The van der Waals surface area contributed by atoms with Gasteiger partial charge in [-0.2, -0.15) is 0 Å². The van der Waals surface area contributed by atoms with Gasteiger partial charge in [0.25, 0.3) is 0 Å². The molecule has 1 aliphatic carbocycles. The zero-order valence-corrected chi connectivity index (χ0v) is 21.6. The lowest BCUT2D eigenvalue weighted by Crippen LogP contribution is -2.51. The Morgan fingerprint density at radius 2 is 1.87 bits per heavy atom. The summed E-state index contributed by atoms with van der Waals surface area (Å²) in [6.45, 7) is 2.94. The van der Waals surface area contributed by atoms with E-state index in [0.29, 0.717) is 57.7 Å². The summed E-state index contributed by atoms with van der Waals surface area (Å²) >= 11 is 0. The van der Waals surface area contributed by atoms with Crippen LogP contribution in [-0.2, 0) is 11.2 Å². The molecule has 190 valence electrons. The lowest BCUT2D eigenvalue weighted by molar-refractivity contribution is -0.363. The number of carbonyl (C=O) groups is 1. The molecular formula is C30H25BF2N2O3. The number of ketones is 1. The van der Waals surface area contributed by atoms with E-state index in [0.717, 1.165) is 25.7 Å².